The summed E-state index contributed by atoms with van der Waals surface area (Å²) in [6, 6.07) is 5.12. The van der Waals surface area contributed by atoms with Crippen LogP contribution in [0.2, 0.25) is 0 Å². The summed E-state index contributed by atoms with van der Waals surface area (Å²) in [4.78, 5) is 13.6. The van der Waals surface area contributed by atoms with Crippen molar-refractivity contribution in [2.45, 2.75) is 6.92 Å². The summed E-state index contributed by atoms with van der Waals surface area (Å²) in [5.41, 5.74) is 6.81. The molecular formula is C12H13BrN2O. The molecule has 0 saturated carbocycles. The molecule has 0 heterocycles. The zero-order chi connectivity index (χ0) is 12.1. The molecule has 3 nitrogen and oxygen atoms in total. The monoisotopic (exact) mass is 280 g/mol. The highest BCUT2D eigenvalue weighted by atomic mass is 79.9. The normalized spacial score (nSPS) is 9.56. The highest BCUT2D eigenvalue weighted by molar-refractivity contribution is 9.10. The number of carbonyl (C=O) groups is 1. The third-order valence-electron chi connectivity index (χ3n) is 2.19. The fourth-order valence-electron chi connectivity index (χ4n) is 1.30. The maximum Gasteiger partial charge on any atom is 0.254 e. The first-order valence-corrected chi connectivity index (χ1v) is 5.67. The number of benzene rings is 1. The Labute approximate surface area is 104 Å². The van der Waals surface area contributed by atoms with Gasteiger partial charge in [-0.2, -0.15) is 0 Å². The fourth-order valence-corrected chi connectivity index (χ4v) is 1.54. The number of rotatable bonds is 3. The van der Waals surface area contributed by atoms with E-state index in [1.165, 1.54) is 0 Å². The van der Waals surface area contributed by atoms with Crippen LogP contribution in [0.3, 0.4) is 0 Å². The van der Waals surface area contributed by atoms with Crippen LogP contribution in [-0.2, 0) is 0 Å². The van der Waals surface area contributed by atoms with Crippen LogP contribution in [-0.4, -0.2) is 23.9 Å². The highest BCUT2D eigenvalue weighted by Crippen LogP contribution is 2.20. The first-order chi connectivity index (χ1) is 7.60. The molecule has 0 fully saturated rings. The Morgan fingerprint density at radius 1 is 1.62 bits per heavy atom. The number of hydrogen-bond acceptors (Lipinski definition) is 2. The third-order valence-corrected chi connectivity index (χ3v) is 2.92. The molecule has 16 heavy (non-hydrogen) atoms. The lowest BCUT2D eigenvalue weighted by molar-refractivity contribution is 0.0785. The van der Waals surface area contributed by atoms with E-state index in [2.05, 4.69) is 21.9 Å². The van der Waals surface area contributed by atoms with Crippen LogP contribution < -0.4 is 5.73 Å². The van der Waals surface area contributed by atoms with E-state index in [0.29, 0.717) is 24.3 Å². The fraction of sp³-hybridized carbons (Fsp3) is 0.250. The molecule has 84 valence electrons. The lowest BCUT2D eigenvalue weighted by Crippen LogP contribution is -2.31. The Balaban J connectivity index is 2.95. The number of amides is 1. The second-order valence-electron chi connectivity index (χ2n) is 3.26. The van der Waals surface area contributed by atoms with Crippen LogP contribution in [0.15, 0.2) is 22.7 Å². The van der Waals surface area contributed by atoms with Crippen molar-refractivity contribution in [3.8, 4) is 12.3 Å². The maximum atomic E-state index is 12.0. The minimum Gasteiger partial charge on any atom is -0.398 e. The van der Waals surface area contributed by atoms with Gasteiger partial charge in [0.25, 0.3) is 5.91 Å². The van der Waals surface area contributed by atoms with E-state index in [9.17, 15) is 4.79 Å². The molecule has 0 aromatic heterocycles. The summed E-state index contributed by atoms with van der Waals surface area (Å²) >= 11 is 3.28. The second-order valence-corrected chi connectivity index (χ2v) is 4.11. The minimum absolute atomic E-state index is 0.0975. The van der Waals surface area contributed by atoms with Crippen LogP contribution >= 0.6 is 15.9 Å². The number of carbonyl (C=O) groups excluding carboxylic acids is 1. The summed E-state index contributed by atoms with van der Waals surface area (Å²) in [6.07, 6.45) is 5.20. The number of halogens is 1. The summed E-state index contributed by atoms with van der Waals surface area (Å²) < 4.78 is 0.782. The molecule has 0 atom stereocenters. The van der Waals surface area contributed by atoms with Gasteiger partial charge in [0, 0.05) is 22.3 Å². The number of terminal acetylenes is 1. The van der Waals surface area contributed by atoms with Crippen molar-refractivity contribution in [1.82, 2.24) is 4.90 Å². The Bertz CT molecular complexity index is 437. The molecule has 0 unspecified atom stereocenters. The largest absolute Gasteiger partial charge is 0.398 e. The van der Waals surface area contributed by atoms with Crippen molar-refractivity contribution in [1.29, 1.82) is 0 Å². The van der Waals surface area contributed by atoms with Crippen molar-refractivity contribution in [2.24, 2.45) is 0 Å². The zero-order valence-corrected chi connectivity index (χ0v) is 10.6. The average molecular weight is 281 g/mol. The zero-order valence-electron chi connectivity index (χ0n) is 9.03. The van der Waals surface area contributed by atoms with Crippen LogP contribution in [0.4, 0.5) is 5.69 Å². The molecule has 0 aliphatic heterocycles. The molecular weight excluding hydrogens is 268 g/mol. The number of nitrogens with two attached hydrogens (primary N) is 1. The first kappa shape index (κ1) is 12.6. The summed E-state index contributed by atoms with van der Waals surface area (Å²) in [5, 5.41) is 0. The van der Waals surface area contributed by atoms with Gasteiger partial charge in [-0.3, -0.25) is 4.79 Å². The molecule has 1 aromatic carbocycles. The highest BCUT2D eigenvalue weighted by Gasteiger charge is 2.13. The van der Waals surface area contributed by atoms with E-state index in [1.54, 1.807) is 23.1 Å². The van der Waals surface area contributed by atoms with E-state index in [4.69, 9.17) is 12.2 Å². The Morgan fingerprint density at radius 3 is 2.81 bits per heavy atom. The standard InChI is InChI=1S/C12H13BrN2O/c1-3-7-15(4-2)12(16)9-5-6-10(13)11(14)8-9/h1,5-6,8H,4,7,14H2,2H3. The van der Waals surface area contributed by atoms with E-state index in [-0.39, 0.29) is 5.91 Å². The summed E-state index contributed by atoms with van der Waals surface area (Å²) in [7, 11) is 0. The van der Waals surface area contributed by atoms with Gasteiger partial charge in [0.2, 0.25) is 0 Å². The molecule has 1 rings (SSSR count). The smallest absolute Gasteiger partial charge is 0.254 e. The van der Waals surface area contributed by atoms with Gasteiger partial charge in [-0.1, -0.05) is 5.92 Å². The van der Waals surface area contributed by atoms with Crippen LogP contribution in [0.5, 0.6) is 0 Å². The van der Waals surface area contributed by atoms with Crippen LogP contribution in [0, 0.1) is 12.3 Å². The molecule has 0 aliphatic carbocycles. The van der Waals surface area contributed by atoms with Gasteiger partial charge in [-0.05, 0) is 41.1 Å². The average Bonchev–Trinajstić information content (AvgIpc) is 2.28. The van der Waals surface area contributed by atoms with Gasteiger partial charge < -0.3 is 10.6 Å². The van der Waals surface area contributed by atoms with Gasteiger partial charge in [-0.25, -0.2) is 0 Å². The Kier molecular flexibility index (Phi) is 4.39. The predicted octanol–water partition coefficient (Wildman–Crippen LogP) is 2.13. The van der Waals surface area contributed by atoms with Crippen molar-refractivity contribution >= 4 is 27.5 Å². The molecule has 0 bridgehead atoms. The molecule has 4 heteroatoms. The lowest BCUT2D eigenvalue weighted by atomic mass is 10.2. The predicted molar refractivity (Wildman–Crippen MR) is 69.0 cm³/mol. The molecule has 2 N–H and O–H groups in total. The number of anilines is 1. The molecule has 0 aliphatic rings. The van der Waals surface area contributed by atoms with E-state index < -0.39 is 0 Å². The van der Waals surface area contributed by atoms with Gasteiger partial charge in [0.15, 0.2) is 0 Å². The summed E-state index contributed by atoms with van der Waals surface area (Å²) in [5.74, 6) is 2.36. The van der Waals surface area contributed by atoms with E-state index in [1.807, 2.05) is 6.92 Å². The van der Waals surface area contributed by atoms with Gasteiger partial charge in [0.05, 0.1) is 6.54 Å². The van der Waals surface area contributed by atoms with Crippen molar-refractivity contribution in [3.05, 3.63) is 28.2 Å². The SMILES string of the molecule is C#CCN(CC)C(=O)c1ccc(Br)c(N)c1. The van der Waals surface area contributed by atoms with Gasteiger partial charge >= 0.3 is 0 Å². The Hall–Kier alpha value is -1.47. The van der Waals surface area contributed by atoms with Crippen LogP contribution in [0.1, 0.15) is 17.3 Å². The van der Waals surface area contributed by atoms with Crippen LogP contribution in [0.25, 0.3) is 0 Å². The van der Waals surface area contributed by atoms with E-state index in [0.717, 1.165) is 4.47 Å². The molecule has 0 radical (unpaired) electrons. The van der Waals surface area contributed by atoms with Crippen molar-refractivity contribution in [3.63, 3.8) is 0 Å². The van der Waals surface area contributed by atoms with Crippen molar-refractivity contribution < 1.29 is 4.79 Å². The quantitative estimate of drug-likeness (QED) is 0.681. The molecule has 1 amide bonds. The number of hydrogen-bond donors (Lipinski definition) is 1. The minimum atomic E-state index is -0.0975. The lowest BCUT2D eigenvalue weighted by Gasteiger charge is -2.18. The topological polar surface area (TPSA) is 46.3 Å². The van der Waals surface area contributed by atoms with E-state index >= 15 is 0 Å². The Morgan fingerprint density at radius 2 is 2.31 bits per heavy atom. The first-order valence-electron chi connectivity index (χ1n) is 4.88. The maximum absolute atomic E-state index is 12.0. The number of nitrogens with zero attached hydrogens (tertiary/aromatic N) is 1. The van der Waals surface area contributed by atoms with Gasteiger partial charge in [-0.15, -0.1) is 6.42 Å². The molecule has 1 aromatic rings. The molecule has 0 saturated heterocycles. The number of nitrogen functional groups attached to an aromatic ring is 1. The molecule has 0 spiro atoms. The summed E-state index contributed by atoms with van der Waals surface area (Å²) in [6.45, 7) is 2.78. The second kappa shape index (κ2) is 5.57. The third kappa shape index (κ3) is 2.77. The van der Waals surface area contributed by atoms with Gasteiger partial charge in [0.1, 0.15) is 0 Å². The van der Waals surface area contributed by atoms with Crippen molar-refractivity contribution in [2.75, 3.05) is 18.8 Å².